The van der Waals surface area contributed by atoms with Crippen molar-refractivity contribution in [3.63, 3.8) is 0 Å². The molecule has 4 heterocycles. The highest BCUT2D eigenvalue weighted by Gasteiger charge is 2.28. The van der Waals surface area contributed by atoms with Crippen LogP contribution in [0.25, 0.3) is 21.6 Å². The predicted octanol–water partition coefficient (Wildman–Crippen LogP) is 6.15. The normalized spacial score (nSPS) is 17.4. The van der Waals surface area contributed by atoms with Crippen LogP contribution in [0.2, 0.25) is 0 Å². The van der Waals surface area contributed by atoms with Gasteiger partial charge in [0, 0.05) is 60.7 Å². The van der Waals surface area contributed by atoms with Crippen LogP contribution < -0.4 is 20.2 Å². The molecule has 2 aliphatic heterocycles. The topological polar surface area (TPSA) is 163 Å². The average molecular weight is 801 g/mol. The molecule has 2 unspecified atom stereocenters. The van der Waals surface area contributed by atoms with Crippen molar-refractivity contribution in [1.82, 2.24) is 29.2 Å². The number of H-pyrrole nitrogens is 1. The number of benzene rings is 1. The van der Waals surface area contributed by atoms with E-state index in [9.17, 15) is 23.4 Å². The Kier molecular flexibility index (Phi) is 19.7. The number of hydrogen-bond donors (Lipinski definition) is 3. The van der Waals surface area contributed by atoms with E-state index < -0.39 is 11.2 Å². The Morgan fingerprint density at radius 3 is 2.38 bits per heavy atom. The van der Waals surface area contributed by atoms with E-state index in [-0.39, 0.29) is 17.4 Å². The van der Waals surface area contributed by atoms with Gasteiger partial charge < -0.3 is 24.7 Å². The number of rotatable bonds is 15. The summed E-state index contributed by atoms with van der Waals surface area (Å²) >= 11 is 0.271. The molecule has 3 N–H and O–H groups in total. The summed E-state index contributed by atoms with van der Waals surface area (Å²) in [7, 11) is 1.63. The molecular weight excluding hydrogens is 741 g/mol. The second kappa shape index (κ2) is 23.9. The second-order valence-electron chi connectivity index (χ2n) is 14.1. The number of aromatic nitrogens is 2. The standard InChI is InChI=1S/C17H18N2O2S.C14H25NO2.C5H10N2O2S.C4H7NO/c1-9(2)13-8-22-17(19-13)12-7-14(20)11-5-6-15(21-4)10(3)16(11)18-12;1-4-5-6-7-11-17-13(3)14(16)15-10-8-9-12(15)2;8-5-6-10(9)7-3-1-2-4-7;6-3-5-4-1-2-4/h5-9H,1-4H3,(H,18,20);4,12-13H,1,5-11H2,2-3H3;5H,1-4H2,(H,6,8);3-4H,1-2H2,(H,5,6)/t;12?,13-;;/m.1../s1. The zero-order valence-electron chi connectivity index (χ0n) is 33.3. The van der Waals surface area contributed by atoms with E-state index >= 15 is 0 Å². The number of fused-ring (bicyclic) bond motifs is 1. The van der Waals surface area contributed by atoms with Crippen molar-refractivity contribution in [3.05, 3.63) is 57.7 Å². The number of ether oxygens (including phenoxy) is 2. The Morgan fingerprint density at radius 2 is 1.84 bits per heavy atom. The van der Waals surface area contributed by atoms with Gasteiger partial charge in [-0.2, -0.15) is 0 Å². The first-order valence-corrected chi connectivity index (χ1v) is 21.2. The Morgan fingerprint density at radius 1 is 1.11 bits per heavy atom. The lowest BCUT2D eigenvalue weighted by molar-refractivity contribution is -0.143. The Balaban J connectivity index is 0.000000217. The smallest absolute Gasteiger partial charge is 0.251 e. The van der Waals surface area contributed by atoms with Crippen molar-refractivity contribution < 1.29 is 28.1 Å². The number of methoxy groups -OCH3 is 1. The monoisotopic (exact) mass is 800 g/mol. The third-order valence-electron chi connectivity index (χ3n) is 9.46. The zero-order valence-corrected chi connectivity index (χ0v) is 34.9. The van der Waals surface area contributed by atoms with Crippen LogP contribution in [0.3, 0.4) is 0 Å². The summed E-state index contributed by atoms with van der Waals surface area (Å²) in [6.45, 7) is 17.0. The van der Waals surface area contributed by atoms with E-state index in [0.29, 0.717) is 36.4 Å². The third-order valence-corrected chi connectivity index (χ3v) is 11.5. The molecule has 3 aromatic rings. The molecule has 2 saturated heterocycles. The summed E-state index contributed by atoms with van der Waals surface area (Å²) < 4.78 is 25.8. The lowest BCUT2D eigenvalue weighted by Crippen LogP contribution is -2.41. The molecule has 55 heavy (non-hydrogen) atoms. The van der Waals surface area contributed by atoms with Gasteiger partial charge in [0.15, 0.2) is 16.6 Å². The number of allylic oxidation sites excluding steroid dienone is 1. The van der Waals surface area contributed by atoms with Crippen molar-refractivity contribution in [2.24, 2.45) is 0 Å². The second-order valence-corrected chi connectivity index (χ2v) is 16.2. The van der Waals surface area contributed by atoms with Gasteiger partial charge in [-0.1, -0.05) is 19.9 Å². The number of carbonyl (C=O) groups excluding carboxylic acids is 3. The molecule has 0 radical (unpaired) electrons. The van der Waals surface area contributed by atoms with Crippen molar-refractivity contribution in [3.8, 4) is 16.5 Å². The van der Waals surface area contributed by atoms with Crippen LogP contribution in [0.5, 0.6) is 5.75 Å². The first kappa shape index (κ1) is 45.5. The average Bonchev–Trinajstić information content (AvgIpc) is 3.54. The van der Waals surface area contributed by atoms with E-state index in [2.05, 4.69) is 47.4 Å². The van der Waals surface area contributed by atoms with Gasteiger partial charge in [-0.3, -0.25) is 23.9 Å². The Hall–Kier alpha value is -3.92. The highest BCUT2D eigenvalue weighted by Crippen LogP contribution is 2.29. The predicted molar refractivity (Wildman–Crippen MR) is 221 cm³/mol. The molecule has 3 amide bonds. The van der Waals surface area contributed by atoms with Gasteiger partial charge in [0.25, 0.3) is 5.91 Å². The van der Waals surface area contributed by atoms with Crippen molar-refractivity contribution in [2.75, 3.05) is 33.4 Å². The SMILES string of the molecule is C=CCCCCO[C@H](C)C(=O)N1CCCC1C.COc1ccc2c(=O)cc(-c3nc(C(C)C)cs3)[nH]c2c1C.O=CNC1CC1.O=CNS(=O)N1CCCC1. The van der Waals surface area contributed by atoms with Crippen LogP contribution in [0, 0.1) is 6.92 Å². The van der Waals surface area contributed by atoms with Crippen LogP contribution in [0.4, 0.5) is 0 Å². The maximum absolute atomic E-state index is 12.4. The first-order chi connectivity index (χ1) is 26.4. The van der Waals surface area contributed by atoms with Crippen LogP contribution in [0.15, 0.2) is 41.0 Å². The van der Waals surface area contributed by atoms with E-state index in [4.69, 9.17) is 9.47 Å². The van der Waals surface area contributed by atoms with Gasteiger partial charge in [-0.15, -0.1) is 17.9 Å². The van der Waals surface area contributed by atoms with E-state index in [1.807, 2.05) is 36.3 Å². The summed E-state index contributed by atoms with van der Waals surface area (Å²) in [6, 6.07) is 6.16. The molecule has 6 rings (SSSR count). The molecular formula is C40H60N6O7S2. The molecule has 0 spiro atoms. The fourth-order valence-corrected chi connectivity index (χ4v) is 7.76. The van der Waals surface area contributed by atoms with Crippen molar-refractivity contribution in [1.29, 1.82) is 0 Å². The molecule has 3 atom stereocenters. The molecule has 1 aliphatic carbocycles. The zero-order chi connectivity index (χ0) is 40.3. The van der Waals surface area contributed by atoms with Crippen LogP contribution >= 0.6 is 11.3 Å². The van der Waals surface area contributed by atoms with E-state index in [1.165, 1.54) is 12.8 Å². The van der Waals surface area contributed by atoms with Gasteiger partial charge in [0.1, 0.15) is 16.9 Å². The molecule has 3 fully saturated rings. The van der Waals surface area contributed by atoms with Gasteiger partial charge in [0.2, 0.25) is 12.8 Å². The fourth-order valence-electron chi connectivity index (χ4n) is 5.98. The van der Waals surface area contributed by atoms with Gasteiger partial charge >= 0.3 is 0 Å². The Bertz CT molecular complexity index is 1750. The molecule has 304 valence electrons. The third kappa shape index (κ3) is 14.6. The largest absolute Gasteiger partial charge is 0.496 e. The van der Waals surface area contributed by atoms with Crippen LogP contribution in [-0.4, -0.2) is 93.6 Å². The van der Waals surface area contributed by atoms with E-state index in [0.717, 1.165) is 104 Å². The lowest BCUT2D eigenvalue weighted by Gasteiger charge is -2.25. The minimum absolute atomic E-state index is 0.00389. The van der Waals surface area contributed by atoms with Crippen molar-refractivity contribution >= 4 is 52.1 Å². The molecule has 1 aromatic carbocycles. The van der Waals surface area contributed by atoms with E-state index in [1.54, 1.807) is 34.9 Å². The minimum Gasteiger partial charge on any atom is -0.496 e. The summed E-state index contributed by atoms with van der Waals surface area (Å²) in [6.07, 6.45) is 12.7. The summed E-state index contributed by atoms with van der Waals surface area (Å²) in [5.74, 6) is 1.29. The number of likely N-dealkylation sites (tertiary alicyclic amines) is 1. The lowest BCUT2D eigenvalue weighted by atomic mass is 10.1. The molecule has 3 aliphatic rings. The number of amides is 3. The fraction of sp³-hybridized carbons (Fsp3) is 0.575. The first-order valence-electron chi connectivity index (χ1n) is 19.2. The highest BCUT2D eigenvalue weighted by molar-refractivity contribution is 7.81. The number of nitrogens with one attached hydrogen (secondary N) is 3. The maximum Gasteiger partial charge on any atom is 0.251 e. The number of aromatic amines is 1. The number of aryl methyl sites for hydroxylation is 1. The van der Waals surface area contributed by atoms with Gasteiger partial charge in [-0.25, -0.2) is 13.5 Å². The van der Waals surface area contributed by atoms with Crippen molar-refractivity contribution in [2.45, 2.75) is 117 Å². The van der Waals surface area contributed by atoms with Gasteiger partial charge in [-0.05, 0) is 96.6 Å². The van der Waals surface area contributed by atoms with Gasteiger partial charge in [0.05, 0.1) is 24.0 Å². The maximum atomic E-state index is 12.4. The summed E-state index contributed by atoms with van der Waals surface area (Å²) in [4.78, 5) is 53.7. The molecule has 1 saturated carbocycles. The number of nitrogens with zero attached hydrogens (tertiary/aromatic N) is 3. The highest BCUT2D eigenvalue weighted by atomic mass is 32.2. The minimum atomic E-state index is -1.28. The number of hydrogen-bond acceptors (Lipinski definition) is 9. The number of pyridine rings is 1. The number of carbonyl (C=O) groups is 3. The quantitative estimate of drug-likeness (QED) is 0.0937. The van der Waals surface area contributed by atoms with Crippen LogP contribution in [-0.2, 0) is 30.3 Å². The van der Waals surface area contributed by atoms with Crippen LogP contribution in [0.1, 0.15) is 103 Å². The molecule has 0 bridgehead atoms. The Labute approximate surface area is 332 Å². The number of unbranched alkanes of at least 4 members (excludes halogenated alkanes) is 2. The molecule has 13 nitrogen and oxygen atoms in total. The number of thiazole rings is 1. The molecule has 15 heteroatoms. The summed E-state index contributed by atoms with van der Waals surface area (Å²) in [5, 5.41) is 6.19. The summed E-state index contributed by atoms with van der Waals surface area (Å²) in [5.41, 5.74) is 3.53. The molecule has 2 aromatic heterocycles.